The Balaban J connectivity index is 1.73. The summed E-state index contributed by atoms with van der Waals surface area (Å²) in [5, 5.41) is 4.09. The maximum absolute atomic E-state index is 5.55. The van der Waals surface area contributed by atoms with Crippen LogP contribution in [-0.4, -0.2) is 17.1 Å². The molecule has 1 aromatic carbocycles. The largest absolute Gasteiger partial charge is 0.497 e. The minimum Gasteiger partial charge on any atom is -0.497 e. The summed E-state index contributed by atoms with van der Waals surface area (Å²) in [6.07, 6.45) is 2.62. The maximum Gasteiger partial charge on any atom is 0.213 e. The monoisotopic (exact) mass is 289 g/mol. The van der Waals surface area contributed by atoms with E-state index in [4.69, 9.17) is 9.15 Å². The molecule has 5 nitrogen and oxygen atoms in total. The first-order chi connectivity index (χ1) is 9.78. The highest BCUT2D eigenvalue weighted by atomic mass is 32.1. The summed E-state index contributed by atoms with van der Waals surface area (Å²) in [4.78, 5) is 8.72. The zero-order valence-electron chi connectivity index (χ0n) is 11.3. The molecule has 0 saturated heterocycles. The molecular formula is C14H15N3O2S. The van der Waals surface area contributed by atoms with E-state index in [0.717, 1.165) is 33.3 Å². The lowest BCUT2D eigenvalue weighted by atomic mass is 10.3. The van der Waals surface area contributed by atoms with Crippen LogP contribution in [0.25, 0.3) is 10.2 Å². The number of anilines is 1. The van der Waals surface area contributed by atoms with E-state index in [1.807, 2.05) is 25.1 Å². The topological polar surface area (TPSA) is 60.2 Å². The minimum atomic E-state index is 0.539. The van der Waals surface area contributed by atoms with Crippen LogP contribution in [0, 0.1) is 0 Å². The van der Waals surface area contributed by atoms with Crippen molar-refractivity contribution in [3.8, 4) is 5.75 Å². The quantitative estimate of drug-likeness (QED) is 0.779. The van der Waals surface area contributed by atoms with E-state index < -0.39 is 0 Å². The standard InChI is InChI=1S/C14H15N3O2S/c1-3-9-7-15-13(19-9)8-16-14-17-11-5-4-10(18-2)6-12(11)20-14/h4-7H,3,8H2,1-2H3,(H,16,17). The third kappa shape index (κ3) is 2.60. The lowest BCUT2D eigenvalue weighted by molar-refractivity contribution is 0.415. The van der Waals surface area contributed by atoms with Crippen molar-refractivity contribution < 1.29 is 9.15 Å². The second-order valence-electron chi connectivity index (χ2n) is 4.28. The molecule has 0 aliphatic rings. The van der Waals surface area contributed by atoms with Gasteiger partial charge in [0.2, 0.25) is 5.89 Å². The van der Waals surface area contributed by atoms with Gasteiger partial charge in [0.05, 0.1) is 30.1 Å². The van der Waals surface area contributed by atoms with Gasteiger partial charge in [-0.05, 0) is 18.2 Å². The summed E-state index contributed by atoms with van der Waals surface area (Å²) >= 11 is 1.59. The van der Waals surface area contributed by atoms with E-state index in [2.05, 4.69) is 15.3 Å². The van der Waals surface area contributed by atoms with E-state index in [1.54, 1.807) is 24.6 Å². The Morgan fingerprint density at radius 1 is 1.40 bits per heavy atom. The van der Waals surface area contributed by atoms with Gasteiger partial charge in [-0.25, -0.2) is 9.97 Å². The third-order valence-electron chi connectivity index (χ3n) is 2.94. The van der Waals surface area contributed by atoms with Gasteiger partial charge in [0.15, 0.2) is 5.13 Å². The minimum absolute atomic E-state index is 0.539. The first-order valence-corrected chi connectivity index (χ1v) is 7.22. The molecule has 3 aromatic rings. The Kier molecular flexibility index (Phi) is 3.56. The van der Waals surface area contributed by atoms with Crippen LogP contribution < -0.4 is 10.1 Å². The van der Waals surface area contributed by atoms with Gasteiger partial charge in [-0.15, -0.1) is 0 Å². The second-order valence-corrected chi connectivity index (χ2v) is 5.31. The maximum atomic E-state index is 5.55. The molecular weight excluding hydrogens is 274 g/mol. The number of fused-ring (bicyclic) bond motifs is 1. The number of hydrogen-bond acceptors (Lipinski definition) is 6. The molecule has 0 spiro atoms. The SMILES string of the molecule is CCc1cnc(CNc2nc3ccc(OC)cc3s2)o1. The predicted molar refractivity (Wildman–Crippen MR) is 79.4 cm³/mol. The summed E-state index contributed by atoms with van der Waals surface area (Å²) in [5.74, 6) is 2.42. The lowest BCUT2D eigenvalue weighted by Gasteiger charge is -1.97. The van der Waals surface area contributed by atoms with Gasteiger partial charge >= 0.3 is 0 Å². The predicted octanol–water partition coefficient (Wildman–Crippen LogP) is 3.47. The van der Waals surface area contributed by atoms with Crippen LogP contribution in [-0.2, 0) is 13.0 Å². The summed E-state index contributed by atoms with van der Waals surface area (Å²) < 4.78 is 11.8. The number of methoxy groups -OCH3 is 1. The van der Waals surface area contributed by atoms with Crippen molar-refractivity contribution in [1.29, 1.82) is 0 Å². The van der Waals surface area contributed by atoms with Gasteiger partial charge in [0.25, 0.3) is 0 Å². The van der Waals surface area contributed by atoms with E-state index >= 15 is 0 Å². The molecule has 1 N–H and O–H groups in total. The van der Waals surface area contributed by atoms with Crippen molar-refractivity contribution in [3.05, 3.63) is 36.0 Å². The average Bonchev–Trinajstić information content (AvgIpc) is 3.10. The van der Waals surface area contributed by atoms with Crippen molar-refractivity contribution >= 4 is 26.7 Å². The normalized spacial score (nSPS) is 10.9. The highest BCUT2D eigenvalue weighted by molar-refractivity contribution is 7.22. The van der Waals surface area contributed by atoms with Crippen molar-refractivity contribution in [1.82, 2.24) is 9.97 Å². The third-order valence-corrected chi connectivity index (χ3v) is 3.91. The average molecular weight is 289 g/mol. The summed E-state index contributed by atoms with van der Waals surface area (Å²) in [6, 6.07) is 5.85. The van der Waals surface area contributed by atoms with Crippen LogP contribution in [0.1, 0.15) is 18.6 Å². The number of rotatable bonds is 5. The van der Waals surface area contributed by atoms with E-state index in [0.29, 0.717) is 12.4 Å². The molecule has 104 valence electrons. The number of nitrogens with one attached hydrogen (secondary N) is 1. The van der Waals surface area contributed by atoms with Crippen LogP contribution in [0.3, 0.4) is 0 Å². The molecule has 0 radical (unpaired) electrons. The highest BCUT2D eigenvalue weighted by Gasteiger charge is 2.07. The molecule has 6 heteroatoms. The second kappa shape index (κ2) is 5.50. The first kappa shape index (κ1) is 12.9. The fourth-order valence-electron chi connectivity index (χ4n) is 1.85. The Morgan fingerprint density at radius 3 is 3.05 bits per heavy atom. The number of thiazole rings is 1. The van der Waals surface area contributed by atoms with Gasteiger partial charge in [0, 0.05) is 6.42 Å². The van der Waals surface area contributed by atoms with Crippen molar-refractivity contribution in [2.45, 2.75) is 19.9 Å². The number of aromatic nitrogens is 2. The summed E-state index contributed by atoms with van der Waals surface area (Å²) in [7, 11) is 1.66. The Morgan fingerprint density at radius 2 is 2.30 bits per heavy atom. The summed E-state index contributed by atoms with van der Waals surface area (Å²) in [6.45, 7) is 2.58. The first-order valence-electron chi connectivity index (χ1n) is 6.40. The molecule has 0 aliphatic heterocycles. The van der Waals surface area contributed by atoms with Crippen LogP contribution in [0.5, 0.6) is 5.75 Å². The van der Waals surface area contributed by atoms with Gasteiger partial charge in [0.1, 0.15) is 11.5 Å². The van der Waals surface area contributed by atoms with E-state index in [9.17, 15) is 0 Å². The molecule has 3 rings (SSSR count). The zero-order valence-corrected chi connectivity index (χ0v) is 12.2. The van der Waals surface area contributed by atoms with Crippen LogP contribution in [0.4, 0.5) is 5.13 Å². The van der Waals surface area contributed by atoms with Gasteiger partial charge in [-0.3, -0.25) is 0 Å². The number of oxazole rings is 1. The number of ether oxygens (including phenoxy) is 1. The fraction of sp³-hybridized carbons (Fsp3) is 0.286. The molecule has 0 fully saturated rings. The van der Waals surface area contributed by atoms with E-state index in [1.165, 1.54) is 0 Å². The molecule has 20 heavy (non-hydrogen) atoms. The number of hydrogen-bond donors (Lipinski definition) is 1. The van der Waals surface area contributed by atoms with Gasteiger partial charge < -0.3 is 14.5 Å². The number of nitrogens with zero attached hydrogens (tertiary/aromatic N) is 2. The smallest absolute Gasteiger partial charge is 0.213 e. The lowest BCUT2D eigenvalue weighted by Crippen LogP contribution is -1.98. The molecule has 0 unspecified atom stereocenters. The van der Waals surface area contributed by atoms with Crippen LogP contribution in [0.15, 0.2) is 28.8 Å². The molecule has 0 aliphatic carbocycles. The number of aryl methyl sites for hydroxylation is 1. The molecule has 0 bridgehead atoms. The fourth-order valence-corrected chi connectivity index (χ4v) is 2.74. The molecule has 0 amide bonds. The summed E-state index contributed by atoms with van der Waals surface area (Å²) in [5.41, 5.74) is 0.958. The molecule has 2 heterocycles. The van der Waals surface area contributed by atoms with Crippen molar-refractivity contribution in [2.75, 3.05) is 12.4 Å². The number of benzene rings is 1. The Labute approximate surface area is 120 Å². The van der Waals surface area contributed by atoms with Crippen LogP contribution in [0.2, 0.25) is 0 Å². The van der Waals surface area contributed by atoms with E-state index in [-0.39, 0.29) is 0 Å². The Hall–Kier alpha value is -2.08. The molecule has 0 atom stereocenters. The van der Waals surface area contributed by atoms with Crippen molar-refractivity contribution in [2.24, 2.45) is 0 Å². The molecule has 2 aromatic heterocycles. The Bertz CT molecular complexity index is 720. The van der Waals surface area contributed by atoms with Gasteiger partial charge in [-0.1, -0.05) is 18.3 Å². The van der Waals surface area contributed by atoms with Crippen LogP contribution >= 0.6 is 11.3 Å². The molecule has 0 saturated carbocycles. The zero-order chi connectivity index (χ0) is 13.9. The van der Waals surface area contributed by atoms with Crippen molar-refractivity contribution in [3.63, 3.8) is 0 Å². The van der Waals surface area contributed by atoms with Gasteiger partial charge in [-0.2, -0.15) is 0 Å². The highest BCUT2D eigenvalue weighted by Crippen LogP contribution is 2.29.